The van der Waals surface area contributed by atoms with E-state index in [-0.39, 0.29) is 32.6 Å². The van der Waals surface area contributed by atoms with E-state index in [9.17, 15) is 24.3 Å². The number of hydrogen-bond acceptors (Lipinski definition) is 7. The van der Waals surface area contributed by atoms with Crippen molar-refractivity contribution in [2.45, 2.75) is 25.4 Å². The molecule has 2 radical (unpaired) electrons. The number of carbonyl (C=O) groups excluding carboxylic acids is 4. The minimum atomic E-state index is -2.04. The minimum Gasteiger partial charge on any atom is -0.550 e. The van der Waals surface area contributed by atoms with E-state index in [2.05, 4.69) is 16.5 Å². The number of carboxylic acids is 1. The van der Waals surface area contributed by atoms with Crippen LogP contribution in [0.2, 0.25) is 0 Å². The van der Waals surface area contributed by atoms with Gasteiger partial charge in [0.15, 0.2) is 5.52 Å². The van der Waals surface area contributed by atoms with Crippen molar-refractivity contribution >= 4 is 58.6 Å². The van der Waals surface area contributed by atoms with Gasteiger partial charge in [0, 0.05) is 26.9 Å². The number of carbonyl (C=O) groups is 4. The minimum absolute atomic E-state index is 0. The van der Waals surface area contributed by atoms with E-state index in [0.717, 1.165) is 0 Å². The second kappa shape index (κ2) is 9.90. The molecule has 11 heteroatoms. The molecule has 0 aliphatic carbocycles. The number of aliphatic carboxylic acids is 1. The molecule has 0 N–H and O–H groups in total. The van der Waals surface area contributed by atoms with E-state index < -0.39 is 61.7 Å². The van der Waals surface area contributed by atoms with Crippen LogP contribution >= 0.6 is 15.8 Å². The van der Waals surface area contributed by atoms with Gasteiger partial charge < -0.3 is 14.6 Å². The smallest absolute Gasteiger partial charge is 0.550 e. The van der Waals surface area contributed by atoms with E-state index in [1.54, 1.807) is 0 Å². The Hall–Kier alpha value is -0.108. The van der Waals surface area contributed by atoms with Crippen LogP contribution in [0.5, 0.6) is 0 Å². The number of esters is 2. The maximum Gasteiger partial charge on any atom is 1.00 e. The van der Waals surface area contributed by atoms with E-state index in [1.807, 2.05) is 0 Å². The van der Waals surface area contributed by atoms with Gasteiger partial charge in [0.1, 0.15) is 7.57 Å². The summed E-state index contributed by atoms with van der Waals surface area (Å²) in [6.07, 6.45) is -0.598. The maximum atomic E-state index is 11.6. The predicted molar refractivity (Wildman–Crippen MR) is 78.6 cm³/mol. The first-order valence-corrected chi connectivity index (χ1v) is 8.97. The molecule has 0 amide bonds. The summed E-state index contributed by atoms with van der Waals surface area (Å²) in [5, 5.41) is 11.3. The Kier molecular flexibility index (Phi) is 8.98. The number of carboxylic acid groups (broad SMARTS) is 1. The third-order valence-electron chi connectivity index (χ3n) is 3.46. The Labute approximate surface area is 150 Å². The zero-order valence-corrected chi connectivity index (χ0v) is 14.7. The van der Waals surface area contributed by atoms with Crippen molar-refractivity contribution in [2.24, 2.45) is 17.8 Å². The van der Waals surface area contributed by atoms with Crippen molar-refractivity contribution in [3.05, 3.63) is 0 Å². The first-order chi connectivity index (χ1) is 10.2. The Morgan fingerprint density at radius 3 is 2.59 bits per heavy atom. The van der Waals surface area contributed by atoms with Crippen molar-refractivity contribution in [1.82, 2.24) is 0 Å². The average Bonchev–Trinajstić information content (AvgIpc) is 2.75. The van der Waals surface area contributed by atoms with E-state index in [1.165, 1.54) is 6.92 Å². The molecule has 1 aliphatic rings. The van der Waals surface area contributed by atoms with Gasteiger partial charge in [-0.25, -0.2) is 0 Å². The molecule has 5 unspecified atom stereocenters. The molecule has 0 spiro atoms. The summed E-state index contributed by atoms with van der Waals surface area (Å²) in [5.41, 5.74) is -1.48. The molecular weight excluding hydrogens is 340 g/mol. The quantitative estimate of drug-likeness (QED) is 0.194. The van der Waals surface area contributed by atoms with Crippen LogP contribution < -0.4 is 24.0 Å². The van der Waals surface area contributed by atoms with Crippen LogP contribution in [0, 0.1) is 17.8 Å². The molecule has 22 heavy (non-hydrogen) atoms. The Morgan fingerprint density at radius 2 is 2.23 bits per heavy atom. The third kappa shape index (κ3) is 5.51. The van der Waals surface area contributed by atoms with Gasteiger partial charge in [-0.15, -0.1) is 0 Å². The van der Waals surface area contributed by atoms with Crippen molar-refractivity contribution in [1.29, 1.82) is 1.28 Å². The van der Waals surface area contributed by atoms with E-state index >= 15 is 0 Å². The molecule has 1 rings (SSSR count). The third-order valence-corrected chi connectivity index (χ3v) is 5.63. The molecule has 1 heterocycles. The monoisotopic (exact) mass is 353 g/mol. The van der Waals surface area contributed by atoms with Crippen LogP contribution in [-0.2, 0) is 35.7 Å². The van der Waals surface area contributed by atoms with Gasteiger partial charge in [-0.1, -0.05) is 6.92 Å². The molecule has 0 aromatic heterocycles. The summed E-state index contributed by atoms with van der Waals surface area (Å²) in [6, 6.07) is 0. The largest absolute Gasteiger partial charge is 1.00 e. The summed E-state index contributed by atoms with van der Waals surface area (Å²) in [4.78, 5) is 45.6. The first kappa shape index (κ1) is 19.9. The summed E-state index contributed by atoms with van der Waals surface area (Å²) < 4.78 is 12.2. The predicted octanol–water partition coefficient (Wildman–Crippen LogP) is -3.46. The Balaban J connectivity index is 0.00000484. The molecule has 6 nitrogen and oxygen atoms in total. The van der Waals surface area contributed by atoms with Crippen LogP contribution in [-0.4, -0.2) is 37.9 Å². The maximum absolute atomic E-state index is 11.6. The number of hydrogen-bond donors (Lipinski definition) is 0. The van der Waals surface area contributed by atoms with Crippen LogP contribution in [0.3, 0.4) is 0 Å². The molecule has 1 aliphatic heterocycles. The van der Waals surface area contributed by atoms with Crippen molar-refractivity contribution in [3.63, 3.8) is 0 Å². The van der Waals surface area contributed by atoms with Gasteiger partial charge in [0.2, 0.25) is 0 Å². The van der Waals surface area contributed by atoms with Crippen LogP contribution in [0.1, 0.15) is 19.8 Å². The fourth-order valence-electron chi connectivity index (χ4n) is 2.31. The number of cyclic esters (lactones) is 2. The van der Waals surface area contributed by atoms with Crippen LogP contribution in [0.15, 0.2) is 0 Å². The molecule has 5 atom stereocenters. The molecule has 0 aromatic carbocycles. The Morgan fingerprint density at radius 1 is 1.64 bits per heavy atom. The number of rotatable bonds is 8. The zero-order valence-electron chi connectivity index (χ0n) is 13.1. The zero-order chi connectivity index (χ0) is 17.0. The van der Waals surface area contributed by atoms with E-state index in [4.69, 9.17) is 8.84 Å². The normalized spacial score (nSPS) is 23.7. The molecule has 0 aromatic rings. The summed E-state index contributed by atoms with van der Waals surface area (Å²) in [5.74, 6) is -5.87. The SMILES string of the molecule is [2H]P([B])C(C(CC(=O)P=S)C(=O)[O-])C(C)C1CC(=O)OC1=O.[Li+]. The molecule has 0 bridgehead atoms. The van der Waals surface area contributed by atoms with E-state index in [0.29, 0.717) is 0 Å². The van der Waals surface area contributed by atoms with Gasteiger partial charge in [-0.05, 0) is 23.4 Å². The summed E-state index contributed by atoms with van der Waals surface area (Å²) >= 11 is 4.56. The second-order valence-corrected chi connectivity index (χ2v) is 6.84. The molecular formula is C11H12BLiO6P2S. The Bertz CT molecular complexity index is 523. The van der Waals surface area contributed by atoms with Gasteiger partial charge >= 0.3 is 30.8 Å². The molecule has 0 saturated carbocycles. The first-order valence-electron chi connectivity index (χ1n) is 6.48. The van der Waals surface area contributed by atoms with Crippen molar-refractivity contribution < 1.29 is 47.9 Å². The van der Waals surface area contributed by atoms with Gasteiger partial charge in [0.25, 0.3) is 0 Å². The van der Waals surface area contributed by atoms with Crippen LogP contribution in [0.4, 0.5) is 0 Å². The van der Waals surface area contributed by atoms with Crippen molar-refractivity contribution in [3.8, 4) is 0 Å². The summed E-state index contributed by atoms with van der Waals surface area (Å²) in [6.45, 7) is 1.53. The standard InChI is InChI=1S/C11H13BO6P2S.Li/c1-4(5-2-7(13)18-11(5)17)9(19-12)6(10(15)16)3-8(14)20-21;/h4-6,9,19H,2-3H2,1H3,(H,15,16);/q;+1/p-1/i19D;. The molecule has 1 saturated heterocycles. The molecule has 1 fully saturated rings. The fraction of sp³-hybridized carbons (Fsp3) is 0.636. The van der Waals surface area contributed by atoms with Gasteiger partial charge in [-0.2, -0.15) is 8.40 Å². The average molecular weight is 353 g/mol. The van der Waals surface area contributed by atoms with Gasteiger partial charge in [0.05, 0.1) is 12.3 Å². The van der Waals surface area contributed by atoms with Crippen molar-refractivity contribution in [2.75, 3.05) is 0 Å². The summed E-state index contributed by atoms with van der Waals surface area (Å²) in [7, 11) is 3.55. The number of ether oxygens (including phenoxy) is 1. The van der Waals surface area contributed by atoms with Crippen LogP contribution in [0.25, 0.3) is 0 Å². The second-order valence-electron chi connectivity index (χ2n) is 4.72. The topological polar surface area (TPSA) is 101 Å². The van der Waals surface area contributed by atoms with Gasteiger partial charge in [-0.3, -0.25) is 14.4 Å². The molecule has 112 valence electrons. The fourth-order valence-corrected chi connectivity index (χ4v) is 3.72.